The maximum atomic E-state index is 5.56. The summed E-state index contributed by atoms with van der Waals surface area (Å²) in [6.45, 7) is 0. The minimum absolute atomic E-state index is 0.908. The number of aromatic nitrogens is 1. The molecule has 0 fully saturated rings. The van der Waals surface area contributed by atoms with Gasteiger partial charge in [-0.05, 0) is 17.7 Å². The van der Waals surface area contributed by atoms with Gasteiger partial charge >= 0.3 is 0 Å². The zero-order chi connectivity index (χ0) is 14.7. The van der Waals surface area contributed by atoms with E-state index in [2.05, 4.69) is 66.2 Å². The van der Waals surface area contributed by atoms with Crippen LogP contribution in [0.4, 0.5) is 0 Å². The summed E-state index contributed by atoms with van der Waals surface area (Å²) in [6.07, 6.45) is 0. The molecular weight excluding hydrogens is 278 g/mol. The Morgan fingerprint density at radius 2 is 1.52 bits per heavy atom. The molecule has 2 aromatic carbocycles. The molecule has 0 aliphatic carbocycles. The fraction of sp³-hybridized carbons (Fsp3) is 0.111. The Labute approximate surface area is 129 Å². The lowest BCUT2D eigenvalue weighted by Gasteiger charge is -2.08. The first-order valence-corrected chi connectivity index (χ1v) is 7.63. The molecule has 2 nitrogen and oxygen atoms in total. The standard InChI is InChI=1S/C18H17NOS/c1-19-16(14-9-5-3-6-10-14)13-17(20-2)18(19)21-15-11-7-4-8-12-15/h3-13H,1-2H3. The van der Waals surface area contributed by atoms with E-state index in [1.54, 1.807) is 18.9 Å². The van der Waals surface area contributed by atoms with Gasteiger partial charge in [0.25, 0.3) is 0 Å². The van der Waals surface area contributed by atoms with Crippen molar-refractivity contribution in [3.8, 4) is 17.0 Å². The van der Waals surface area contributed by atoms with E-state index in [1.165, 1.54) is 10.5 Å². The molecule has 3 aromatic rings. The van der Waals surface area contributed by atoms with Crippen LogP contribution >= 0.6 is 11.8 Å². The molecule has 0 atom stereocenters. The molecule has 21 heavy (non-hydrogen) atoms. The van der Waals surface area contributed by atoms with Crippen LogP contribution in [0.3, 0.4) is 0 Å². The van der Waals surface area contributed by atoms with E-state index >= 15 is 0 Å². The number of nitrogens with zero attached hydrogens (tertiary/aromatic N) is 1. The lowest BCUT2D eigenvalue weighted by Crippen LogP contribution is -1.94. The highest BCUT2D eigenvalue weighted by Gasteiger charge is 2.15. The third-order valence-electron chi connectivity index (χ3n) is 3.39. The second kappa shape index (κ2) is 6.10. The number of benzene rings is 2. The highest BCUT2D eigenvalue weighted by Crippen LogP contribution is 2.39. The normalized spacial score (nSPS) is 10.6. The van der Waals surface area contributed by atoms with Crippen molar-refractivity contribution in [2.24, 2.45) is 7.05 Å². The molecular formula is C18H17NOS. The van der Waals surface area contributed by atoms with E-state index in [0.717, 1.165) is 16.5 Å². The predicted octanol–water partition coefficient (Wildman–Crippen LogP) is 4.85. The van der Waals surface area contributed by atoms with Crippen LogP contribution in [-0.2, 0) is 7.05 Å². The van der Waals surface area contributed by atoms with Gasteiger partial charge in [-0.15, -0.1) is 0 Å². The third-order valence-corrected chi connectivity index (χ3v) is 4.57. The van der Waals surface area contributed by atoms with Gasteiger partial charge in [0.15, 0.2) is 5.75 Å². The Kier molecular flexibility index (Phi) is 4.02. The molecule has 3 rings (SSSR count). The fourth-order valence-corrected chi connectivity index (χ4v) is 3.30. The monoisotopic (exact) mass is 295 g/mol. The van der Waals surface area contributed by atoms with Crippen LogP contribution in [0.25, 0.3) is 11.3 Å². The van der Waals surface area contributed by atoms with Crippen molar-refractivity contribution in [2.45, 2.75) is 9.92 Å². The van der Waals surface area contributed by atoms with Gasteiger partial charge in [-0.1, -0.05) is 60.3 Å². The van der Waals surface area contributed by atoms with Crippen molar-refractivity contribution < 1.29 is 4.74 Å². The molecule has 0 aliphatic heterocycles. The summed E-state index contributed by atoms with van der Waals surface area (Å²) in [5, 5.41) is 1.11. The molecule has 3 heteroatoms. The van der Waals surface area contributed by atoms with Crippen LogP contribution in [0.15, 0.2) is 76.7 Å². The average molecular weight is 295 g/mol. The van der Waals surface area contributed by atoms with Crippen LogP contribution in [0.2, 0.25) is 0 Å². The topological polar surface area (TPSA) is 14.2 Å². The van der Waals surface area contributed by atoms with E-state index in [4.69, 9.17) is 4.74 Å². The predicted molar refractivity (Wildman–Crippen MR) is 88.0 cm³/mol. The highest BCUT2D eigenvalue weighted by molar-refractivity contribution is 7.99. The lowest BCUT2D eigenvalue weighted by atomic mass is 10.1. The first kappa shape index (κ1) is 13.8. The van der Waals surface area contributed by atoms with Gasteiger partial charge in [-0.3, -0.25) is 0 Å². The maximum absolute atomic E-state index is 5.56. The summed E-state index contributed by atoms with van der Waals surface area (Å²) < 4.78 is 7.75. The fourth-order valence-electron chi connectivity index (χ4n) is 2.31. The van der Waals surface area contributed by atoms with E-state index in [-0.39, 0.29) is 0 Å². The molecule has 106 valence electrons. The van der Waals surface area contributed by atoms with Crippen molar-refractivity contribution in [1.82, 2.24) is 4.57 Å². The number of methoxy groups -OCH3 is 1. The minimum atomic E-state index is 0.908. The van der Waals surface area contributed by atoms with Gasteiger partial charge in [0.2, 0.25) is 0 Å². The summed E-state index contributed by atoms with van der Waals surface area (Å²) in [4.78, 5) is 1.21. The van der Waals surface area contributed by atoms with Crippen LogP contribution in [0.5, 0.6) is 5.75 Å². The lowest BCUT2D eigenvalue weighted by molar-refractivity contribution is 0.402. The molecule has 1 heterocycles. The molecule has 0 saturated carbocycles. The van der Waals surface area contributed by atoms with Crippen LogP contribution in [-0.4, -0.2) is 11.7 Å². The first-order chi connectivity index (χ1) is 10.3. The number of ether oxygens (including phenoxy) is 1. The quantitative estimate of drug-likeness (QED) is 0.683. The van der Waals surface area contributed by atoms with Crippen LogP contribution < -0.4 is 4.74 Å². The smallest absolute Gasteiger partial charge is 0.151 e. The summed E-state index contributed by atoms with van der Waals surface area (Å²) in [7, 11) is 3.80. The minimum Gasteiger partial charge on any atom is -0.494 e. The van der Waals surface area contributed by atoms with Crippen molar-refractivity contribution in [3.63, 3.8) is 0 Å². The van der Waals surface area contributed by atoms with Crippen molar-refractivity contribution >= 4 is 11.8 Å². The third kappa shape index (κ3) is 2.83. The molecule has 0 radical (unpaired) electrons. The maximum Gasteiger partial charge on any atom is 0.151 e. The summed E-state index contributed by atoms with van der Waals surface area (Å²) in [5.41, 5.74) is 2.35. The van der Waals surface area contributed by atoms with Gasteiger partial charge < -0.3 is 9.30 Å². The van der Waals surface area contributed by atoms with Gasteiger partial charge in [0.1, 0.15) is 5.03 Å². The molecule has 0 N–H and O–H groups in total. The molecule has 0 spiro atoms. The van der Waals surface area contributed by atoms with Gasteiger partial charge in [0.05, 0.1) is 12.8 Å². The van der Waals surface area contributed by atoms with E-state index in [1.807, 2.05) is 12.1 Å². The number of hydrogen-bond donors (Lipinski definition) is 0. The SMILES string of the molecule is COc1cc(-c2ccccc2)n(C)c1Sc1ccccc1. The average Bonchev–Trinajstić information content (AvgIpc) is 2.86. The number of hydrogen-bond acceptors (Lipinski definition) is 2. The molecule has 0 bridgehead atoms. The van der Waals surface area contributed by atoms with E-state index < -0.39 is 0 Å². The first-order valence-electron chi connectivity index (χ1n) is 6.81. The number of rotatable bonds is 4. The van der Waals surface area contributed by atoms with Crippen molar-refractivity contribution in [1.29, 1.82) is 0 Å². The molecule has 0 unspecified atom stereocenters. The molecule has 0 aliphatic rings. The van der Waals surface area contributed by atoms with E-state index in [0.29, 0.717) is 0 Å². The Morgan fingerprint density at radius 1 is 0.905 bits per heavy atom. The van der Waals surface area contributed by atoms with Gasteiger partial charge in [-0.25, -0.2) is 0 Å². The summed E-state index contributed by atoms with van der Waals surface area (Å²) in [6, 6.07) is 22.8. The Hall–Kier alpha value is -2.13. The Balaban J connectivity index is 2.03. The van der Waals surface area contributed by atoms with Crippen LogP contribution in [0.1, 0.15) is 0 Å². The largest absolute Gasteiger partial charge is 0.494 e. The van der Waals surface area contributed by atoms with Crippen molar-refractivity contribution in [2.75, 3.05) is 7.11 Å². The summed E-state index contributed by atoms with van der Waals surface area (Å²) >= 11 is 1.72. The van der Waals surface area contributed by atoms with Crippen LogP contribution in [0, 0.1) is 0 Å². The molecule has 0 amide bonds. The molecule has 0 saturated heterocycles. The van der Waals surface area contributed by atoms with Crippen molar-refractivity contribution in [3.05, 3.63) is 66.7 Å². The summed E-state index contributed by atoms with van der Waals surface area (Å²) in [5.74, 6) is 0.908. The Bertz CT molecular complexity index is 720. The highest BCUT2D eigenvalue weighted by atomic mass is 32.2. The zero-order valence-corrected chi connectivity index (χ0v) is 12.9. The Morgan fingerprint density at radius 3 is 2.14 bits per heavy atom. The molecule has 1 aromatic heterocycles. The van der Waals surface area contributed by atoms with E-state index in [9.17, 15) is 0 Å². The van der Waals surface area contributed by atoms with Gasteiger partial charge in [-0.2, -0.15) is 0 Å². The van der Waals surface area contributed by atoms with Gasteiger partial charge in [0, 0.05) is 18.0 Å². The zero-order valence-electron chi connectivity index (χ0n) is 12.1. The second-order valence-corrected chi connectivity index (χ2v) is 5.81. The second-order valence-electron chi connectivity index (χ2n) is 4.74.